The first-order valence-corrected chi connectivity index (χ1v) is 8.47. The van der Waals surface area contributed by atoms with Crippen molar-refractivity contribution >= 4 is 21.9 Å². The third kappa shape index (κ3) is 4.42. The molecule has 1 atom stereocenters. The molecule has 0 bridgehead atoms. The second kappa shape index (κ2) is 7.27. The average Bonchev–Trinajstić information content (AvgIpc) is 2.54. The molecule has 6 nitrogen and oxygen atoms in total. The molecular weight excluding hydrogens is 332 g/mol. The normalized spacial score (nSPS) is 12.2. The van der Waals surface area contributed by atoms with E-state index >= 15 is 0 Å². The van der Waals surface area contributed by atoms with Crippen molar-refractivity contribution < 1.29 is 26.9 Å². The number of hydrogen-bond acceptors (Lipinski definition) is 6. The van der Waals surface area contributed by atoms with Crippen LogP contribution in [-0.4, -0.2) is 20.2 Å². The maximum Gasteiger partial charge on any atom is 0.339 e. The predicted molar refractivity (Wildman–Crippen MR) is 85.9 cm³/mol. The summed E-state index contributed by atoms with van der Waals surface area (Å²) >= 11 is 0. The zero-order chi connectivity index (χ0) is 17.7. The van der Waals surface area contributed by atoms with Gasteiger partial charge in [0.25, 0.3) is 0 Å². The van der Waals surface area contributed by atoms with E-state index in [1.165, 1.54) is 50.2 Å². The summed E-state index contributed by atoms with van der Waals surface area (Å²) in [6.45, 7) is 2.51. The zero-order valence-corrected chi connectivity index (χ0v) is 13.9. The van der Waals surface area contributed by atoms with Crippen molar-refractivity contribution in [2.24, 2.45) is 0 Å². The van der Waals surface area contributed by atoms with Crippen molar-refractivity contribution in [3.8, 4) is 5.75 Å². The van der Waals surface area contributed by atoms with E-state index < -0.39 is 22.2 Å². The van der Waals surface area contributed by atoms with Crippen molar-refractivity contribution in [3.63, 3.8) is 0 Å². The van der Waals surface area contributed by atoms with E-state index in [0.29, 0.717) is 5.56 Å². The third-order valence-corrected chi connectivity index (χ3v) is 4.34. The summed E-state index contributed by atoms with van der Waals surface area (Å²) in [5.41, 5.74) is 0.433. The Morgan fingerprint density at radius 1 is 0.917 bits per heavy atom. The molecule has 0 fully saturated rings. The Bertz CT molecular complexity index is 825. The number of ether oxygens (including phenoxy) is 1. The number of hydrogen-bond donors (Lipinski definition) is 0. The third-order valence-electron chi connectivity index (χ3n) is 3.07. The van der Waals surface area contributed by atoms with Crippen LogP contribution in [0.4, 0.5) is 0 Å². The van der Waals surface area contributed by atoms with Gasteiger partial charge in [0.1, 0.15) is 10.6 Å². The van der Waals surface area contributed by atoms with Gasteiger partial charge >= 0.3 is 16.1 Å². The van der Waals surface area contributed by atoms with Gasteiger partial charge in [-0.15, -0.1) is 0 Å². The Morgan fingerprint density at radius 2 is 1.50 bits per heavy atom. The van der Waals surface area contributed by atoms with Gasteiger partial charge in [-0.25, -0.2) is 0 Å². The van der Waals surface area contributed by atoms with Crippen LogP contribution >= 0.6 is 0 Å². The van der Waals surface area contributed by atoms with Crippen molar-refractivity contribution in [3.05, 3.63) is 60.2 Å². The van der Waals surface area contributed by atoms with E-state index in [0.717, 1.165) is 0 Å². The van der Waals surface area contributed by atoms with E-state index in [1.807, 2.05) is 0 Å². The SMILES string of the molecule is CC(=O)OC(C(C)=O)c1ccc(OS(=O)(=O)c2ccccc2)cc1. The van der Waals surface area contributed by atoms with Crippen LogP contribution in [0.3, 0.4) is 0 Å². The summed E-state index contributed by atoms with van der Waals surface area (Å²) < 4.78 is 34.3. The van der Waals surface area contributed by atoms with E-state index in [-0.39, 0.29) is 16.4 Å². The maximum absolute atomic E-state index is 12.1. The van der Waals surface area contributed by atoms with Crippen LogP contribution in [0.5, 0.6) is 5.75 Å². The lowest BCUT2D eigenvalue weighted by Gasteiger charge is -2.14. The number of rotatable bonds is 6. The molecule has 0 amide bonds. The lowest BCUT2D eigenvalue weighted by molar-refractivity contribution is -0.152. The van der Waals surface area contributed by atoms with Crippen LogP contribution in [0, 0.1) is 0 Å². The minimum atomic E-state index is -3.93. The number of Topliss-reactive ketones (excluding diaryl/α,β-unsaturated/α-hetero) is 1. The minimum Gasteiger partial charge on any atom is -0.450 e. The molecule has 0 N–H and O–H groups in total. The number of ketones is 1. The van der Waals surface area contributed by atoms with Gasteiger partial charge in [-0.2, -0.15) is 8.42 Å². The first kappa shape index (κ1) is 17.7. The Hall–Kier alpha value is -2.67. The monoisotopic (exact) mass is 348 g/mol. The van der Waals surface area contributed by atoms with Gasteiger partial charge in [0.2, 0.25) is 0 Å². The molecule has 0 heterocycles. The molecular formula is C17H16O6S. The van der Waals surface area contributed by atoms with E-state index in [9.17, 15) is 18.0 Å². The molecule has 0 aliphatic rings. The maximum atomic E-state index is 12.1. The second-order valence-corrected chi connectivity index (χ2v) is 6.57. The fourth-order valence-electron chi connectivity index (χ4n) is 2.01. The lowest BCUT2D eigenvalue weighted by atomic mass is 10.1. The van der Waals surface area contributed by atoms with Crippen molar-refractivity contribution in [2.45, 2.75) is 24.8 Å². The van der Waals surface area contributed by atoms with Crippen LogP contribution in [0.25, 0.3) is 0 Å². The van der Waals surface area contributed by atoms with Crippen molar-refractivity contribution in [1.82, 2.24) is 0 Å². The summed E-state index contributed by atoms with van der Waals surface area (Å²) in [5, 5.41) is 0. The molecule has 2 rings (SSSR count). The number of carbonyl (C=O) groups is 2. The predicted octanol–water partition coefficient (Wildman–Crippen LogP) is 2.65. The summed E-state index contributed by atoms with van der Waals surface area (Å²) in [7, 11) is -3.93. The van der Waals surface area contributed by atoms with Gasteiger partial charge in [-0.1, -0.05) is 30.3 Å². The van der Waals surface area contributed by atoms with Crippen LogP contribution in [0.15, 0.2) is 59.5 Å². The average molecular weight is 348 g/mol. The molecule has 24 heavy (non-hydrogen) atoms. The van der Waals surface area contributed by atoms with Crippen LogP contribution in [0.2, 0.25) is 0 Å². The number of esters is 1. The molecule has 2 aromatic rings. The quantitative estimate of drug-likeness (QED) is 0.589. The zero-order valence-electron chi connectivity index (χ0n) is 13.1. The summed E-state index contributed by atoms with van der Waals surface area (Å²) in [4.78, 5) is 22.7. The van der Waals surface area contributed by atoms with Gasteiger partial charge in [0.15, 0.2) is 11.9 Å². The number of benzene rings is 2. The first-order valence-electron chi connectivity index (χ1n) is 7.07. The second-order valence-electron chi connectivity index (χ2n) is 5.02. The van der Waals surface area contributed by atoms with Crippen molar-refractivity contribution in [2.75, 3.05) is 0 Å². The molecule has 1 unspecified atom stereocenters. The van der Waals surface area contributed by atoms with Crippen LogP contribution in [-0.2, 0) is 24.4 Å². The molecule has 0 aromatic heterocycles. The van der Waals surface area contributed by atoms with E-state index in [4.69, 9.17) is 8.92 Å². The van der Waals surface area contributed by atoms with Crippen LogP contribution < -0.4 is 4.18 Å². The molecule has 7 heteroatoms. The molecule has 0 saturated carbocycles. The molecule has 0 spiro atoms. The highest BCUT2D eigenvalue weighted by Crippen LogP contribution is 2.24. The lowest BCUT2D eigenvalue weighted by Crippen LogP contribution is -2.16. The van der Waals surface area contributed by atoms with Gasteiger partial charge in [-0.3, -0.25) is 9.59 Å². The van der Waals surface area contributed by atoms with Gasteiger partial charge in [0, 0.05) is 12.5 Å². The van der Waals surface area contributed by atoms with Gasteiger partial charge in [-0.05, 0) is 31.2 Å². The summed E-state index contributed by atoms with van der Waals surface area (Å²) in [5.74, 6) is -0.828. The molecule has 0 radical (unpaired) electrons. The Balaban J connectivity index is 2.20. The highest BCUT2D eigenvalue weighted by molar-refractivity contribution is 7.87. The van der Waals surface area contributed by atoms with E-state index in [1.54, 1.807) is 18.2 Å². The highest BCUT2D eigenvalue weighted by Gasteiger charge is 2.21. The summed E-state index contributed by atoms with van der Waals surface area (Å²) in [6, 6.07) is 13.5. The molecule has 0 saturated heterocycles. The molecule has 2 aromatic carbocycles. The topological polar surface area (TPSA) is 86.7 Å². The van der Waals surface area contributed by atoms with Gasteiger partial charge < -0.3 is 8.92 Å². The number of carbonyl (C=O) groups excluding carboxylic acids is 2. The standard InChI is InChI=1S/C17H16O6S/c1-12(18)17(22-13(2)19)14-8-10-15(11-9-14)23-24(20,21)16-6-4-3-5-7-16/h3-11,17H,1-2H3. The Morgan fingerprint density at radius 3 is 2.00 bits per heavy atom. The molecule has 0 aliphatic heterocycles. The Kier molecular flexibility index (Phi) is 5.35. The van der Waals surface area contributed by atoms with Crippen molar-refractivity contribution in [1.29, 1.82) is 0 Å². The largest absolute Gasteiger partial charge is 0.450 e. The first-order chi connectivity index (χ1) is 11.3. The van der Waals surface area contributed by atoms with E-state index in [2.05, 4.69) is 0 Å². The molecule has 126 valence electrons. The fourth-order valence-corrected chi connectivity index (χ4v) is 2.96. The summed E-state index contributed by atoms with van der Waals surface area (Å²) in [6.07, 6.45) is -1.03. The highest BCUT2D eigenvalue weighted by atomic mass is 32.2. The van der Waals surface area contributed by atoms with Gasteiger partial charge in [0.05, 0.1) is 0 Å². The Labute approximate surface area is 140 Å². The minimum absolute atomic E-state index is 0.0376. The molecule has 0 aliphatic carbocycles. The smallest absolute Gasteiger partial charge is 0.339 e. The van der Waals surface area contributed by atoms with Crippen LogP contribution in [0.1, 0.15) is 25.5 Å². The fraction of sp³-hybridized carbons (Fsp3) is 0.176.